The van der Waals surface area contributed by atoms with Crippen molar-refractivity contribution in [3.8, 4) is 0 Å². The lowest BCUT2D eigenvalue weighted by Crippen LogP contribution is -2.08. The van der Waals surface area contributed by atoms with Crippen molar-refractivity contribution < 1.29 is 9.53 Å². The standard InChI is InChI=1S/C12H21N3O2/c1-6-8(4)9-10(12(16)17-5)14-15(7(2)3)11(9)13/h7-8H,6,13H2,1-5H3. The van der Waals surface area contributed by atoms with Crippen LogP contribution >= 0.6 is 0 Å². The molecular weight excluding hydrogens is 218 g/mol. The number of nitrogens with zero attached hydrogens (tertiary/aromatic N) is 2. The zero-order valence-corrected chi connectivity index (χ0v) is 11.2. The van der Waals surface area contributed by atoms with E-state index in [-0.39, 0.29) is 12.0 Å². The fourth-order valence-corrected chi connectivity index (χ4v) is 1.79. The van der Waals surface area contributed by atoms with Crippen LogP contribution in [0.25, 0.3) is 0 Å². The molecule has 0 aliphatic rings. The molecule has 0 saturated carbocycles. The molecule has 96 valence electrons. The van der Waals surface area contributed by atoms with E-state index < -0.39 is 5.97 Å². The van der Waals surface area contributed by atoms with E-state index in [9.17, 15) is 4.79 Å². The highest BCUT2D eigenvalue weighted by Crippen LogP contribution is 2.30. The third kappa shape index (κ3) is 2.43. The van der Waals surface area contributed by atoms with Crippen LogP contribution in [0.15, 0.2) is 0 Å². The number of nitrogens with two attached hydrogens (primary N) is 1. The van der Waals surface area contributed by atoms with Crippen molar-refractivity contribution in [3.63, 3.8) is 0 Å². The summed E-state index contributed by atoms with van der Waals surface area (Å²) in [5.74, 6) is 0.331. The number of esters is 1. The molecule has 5 nitrogen and oxygen atoms in total. The molecule has 1 atom stereocenters. The molecule has 2 N–H and O–H groups in total. The summed E-state index contributed by atoms with van der Waals surface area (Å²) in [5, 5.41) is 4.27. The number of nitrogen functional groups attached to an aromatic ring is 1. The van der Waals surface area contributed by atoms with Crippen molar-refractivity contribution in [2.24, 2.45) is 0 Å². The van der Waals surface area contributed by atoms with Gasteiger partial charge < -0.3 is 10.5 Å². The summed E-state index contributed by atoms with van der Waals surface area (Å²) in [6, 6.07) is 0.121. The molecule has 0 aliphatic heterocycles. The summed E-state index contributed by atoms with van der Waals surface area (Å²) in [7, 11) is 1.35. The van der Waals surface area contributed by atoms with Gasteiger partial charge in [0.15, 0.2) is 5.69 Å². The Bertz CT molecular complexity index is 410. The fraction of sp³-hybridized carbons (Fsp3) is 0.667. The molecule has 5 heteroatoms. The topological polar surface area (TPSA) is 70.1 Å². The van der Waals surface area contributed by atoms with Crippen LogP contribution in [0, 0.1) is 0 Å². The summed E-state index contributed by atoms with van der Waals surface area (Å²) < 4.78 is 6.42. The van der Waals surface area contributed by atoms with Crippen molar-refractivity contribution >= 4 is 11.8 Å². The highest BCUT2D eigenvalue weighted by atomic mass is 16.5. The molecule has 0 saturated heterocycles. The second kappa shape index (κ2) is 5.21. The minimum absolute atomic E-state index is 0.121. The van der Waals surface area contributed by atoms with Crippen LogP contribution in [0.4, 0.5) is 5.82 Å². The summed E-state index contributed by atoms with van der Waals surface area (Å²) in [4.78, 5) is 11.7. The fourth-order valence-electron chi connectivity index (χ4n) is 1.79. The molecule has 0 aliphatic carbocycles. The second-order valence-electron chi connectivity index (χ2n) is 4.49. The van der Waals surface area contributed by atoms with Gasteiger partial charge in [-0.1, -0.05) is 13.8 Å². The third-order valence-electron chi connectivity index (χ3n) is 2.96. The van der Waals surface area contributed by atoms with Gasteiger partial charge in [-0.05, 0) is 26.2 Å². The Morgan fingerprint density at radius 3 is 2.47 bits per heavy atom. The lowest BCUT2D eigenvalue weighted by molar-refractivity contribution is 0.0591. The maximum atomic E-state index is 11.7. The maximum Gasteiger partial charge on any atom is 0.358 e. The molecule has 0 amide bonds. The van der Waals surface area contributed by atoms with E-state index in [1.807, 2.05) is 20.8 Å². The van der Waals surface area contributed by atoms with Crippen molar-refractivity contribution in [1.82, 2.24) is 9.78 Å². The number of methoxy groups -OCH3 is 1. The molecule has 17 heavy (non-hydrogen) atoms. The Hall–Kier alpha value is -1.52. The van der Waals surface area contributed by atoms with Gasteiger partial charge in [-0.2, -0.15) is 5.10 Å². The lowest BCUT2D eigenvalue weighted by atomic mass is 9.98. The molecule has 0 fully saturated rings. The van der Waals surface area contributed by atoms with Gasteiger partial charge in [0.1, 0.15) is 5.82 Å². The molecule has 1 aromatic heterocycles. The Morgan fingerprint density at radius 1 is 1.47 bits per heavy atom. The van der Waals surface area contributed by atoms with Crippen LogP contribution in [-0.2, 0) is 4.74 Å². The van der Waals surface area contributed by atoms with Crippen LogP contribution in [0.1, 0.15) is 62.1 Å². The van der Waals surface area contributed by atoms with Crippen LogP contribution in [0.5, 0.6) is 0 Å². The molecule has 0 spiro atoms. The number of aromatic nitrogens is 2. The van der Waals surface area contributed by atoms with E-state index in [0.717, 1.165) is 12.0 Å². The number of rotatable bonds is 4. The smallest absolute Gasteiger partial charge is 0.358 e. The zero-order valence-electron chi connectivity index (χ0n) is 11.2. The quantitative estimate of drug-likeness (QED) is 0.819. The van der Waals surface area contributed by atoms with Crippen molar-refractivity contribution in [3.05, 3.63) is 11.3 Å². The van der Waals surface area contributed by atoms with Gasteiger partial charge in [0.25, 0.3) is 0 Å². The predicted octanol–water partition coefficient (Wildman–Crippen LogP) is 2.35. The number of carbonyl (C=O) groups excluding carboxylic acids is 1. The highest BCUT2D eigenvalue weighted by Gasteiger charge is 2.25. The summed E-state index contributed by atoms with van der Waals surface area (Å²) in [5.41, 5.74) is 7.21. The van der Waals surface area contributed by atoms with Crippen molar-refractivity contribution in [2.75, 3.05) is 12.8 Å². The first-order valence-electron chi connectivity index (χ1n) is 5.90. The summed E-state index contributed by atoms with van der Waals surface area (Å²) in [6.45, 7) is 8.04. The first kappa shape index (κ1) is 13.5. The van der Waals surface area contributed by atoms with Crippen LogP contribution in [0.2, 0.25) is 0 Å². The zero-order chi connectivity index (χ0) is 13.2. The Balaban J connectivity index is 3.37. The van der Waals surface area contributed by atoms with E-state index in [1.54, 1.807) is 4.68 Å². The summed E-state index contributed by atoms with van der Waals surface area (Å²) in [6.07, 6.45) is 0.901. The lowest BCUT2D eigenvalue weighted by Gasteiger charge is -2.11. The maximum absolute atomic E-state index is 11.7. The SMILES string of the molecule is CCC(C)c1c(C(=O)OC)nn(C(C)C)c1N. The second-order valence-corrected chi connectivity index (χ2v) is 4.49. The van der Waals surface area contributed by atoms with E-state index in [1.165, 1.54) is 7.11 Å². The Kier molecular flexibility index (Phi) is 4.15. The van der Waals surface area contributed by atoms with Gasteiger partial charge in [0, 0.05) is 11.6 Å². The van der Waals surface area contributed by atoms with Gasteiger partial charge >= 0.3 is 5.97 Å². The first-order chi connectivity index (χ1) is 7.93. The third-order valence-corrected chi connectivity index (χ3v) is 2.96. The number of carbonyl (C=O) groups is 1. The molecule has 0 radical (unpaired) electrons. The van der Waals surface area contributed by atoms with Crippen LogP contribution < -0.4 is 5.73 Å². The molecule has 0 bridgehead atoms. The first-order valence-corrected chi connectivity index (χ1v) is 5.90. The Morgan fingerprint density at radius 2 is 2.06 bits per heavy atom. The van der Waals surface area contributed by atoms with Gasteiger partial charge in [0.05, 0.1) is 7.11 Å². The minimum atomic E-state index is -0.425. The van der Waals surface area contributed by atoms with Crippen LogP contribution in [0.3, 0.4) is 0 Å². The number of hydrogen-bond acceptors (Lipinski definition) is 4. The van der Waals surface area contributed by atoms with E-state index in [2.05, 4.69) is 12.0 Å². The average molecular weight is 239 g/mol. The minimum Gasteiger partial charge on any atom is -0.464 e. The van der Waals surface area contributed by atoms with Crippen molar-refractivity contribution in [1.29, 1.82) is 0 Å². The molecule has 1 heterocycles. The highest BCUT2D eigenvalue weighted by molar-refractivity contribution is 5.90. The molecular formula is C12H21N3O2. The normalized spacial score (nSPS) is 12.8. The van der Waals surface area contributed by atoms with E-state index >= 15 is 0 Å². The largest absolute Gasteiger partial charge is 0.464 e. The molecule has 1 unspecified atom stereocenters. The average Bonchev–Trinajstić information content (AvgIpc) is 2.65. The number of anilines is 1. The number of hydrogen-bond donors (Lipinski definition) is 1. The van der Waals surface area contributed by atoms with E-state index in [0.29, 0.717) is 11.5 Å². The van der Waals surface area contributed by atoms with Crippen molar-refractivity contribution in [2.45, 2.75) is 46.1 Å². The Labute approximate surface area is 102 Å². The van der Waals surface area contributed by atoms with Gasteiger partial charge in [-0.15, -0.1) is 0 Å². The molecule has 0 aromatic carbocycles. The van der Waals surface area contributed by atoms with Gasteiger partial charge in [-0.25, -0.2) is 9.48 Å². The van der Waals surface area contributed by atoms with Crippen LogP contribution in [-0.4, -0.2) is 22.9 Å². The summed E-state index contributed by atoms with van der Waals surface area (Å²) >= 11 is 0. The van der Waals surface area contributed by atoms with E-state index in [4.69, 9.17) is 10.5 Å². The number of ether oxygens (including phenoxy) is 1. The molecule has 1 rings (SSSR count). The predicted molar refractivity (Wildman–Crippen MR) is 67.1 cm³/mol. The van der Waals surface area contributed by atoms with Gasteiger partial charge in [0.2, 0.25) is 0 Å². The monoisotopic (exact) mass is 239 g/mol. The molecule has 1 aromatic rings. The van der Waals surface area contributed by atoms with Gasteiger partial charge in [-0.3, -0.25) is 0 Å².